The van der Waals surface area contributed by atoms with Gasteiger partial charge in [0.1, 0.15) is 0 Å². The number of hydrogen-bond acceptors (Lipinski definition) is 3. The average Bonchev–Trinajstić information content (AvgIpc) is 2.28. The van der Waals surface area contributed by atoms with Gasteiger partial charge in [-0.05, 0) is 12.5 Å². The minimum Gasteiger partial charge on any atom is -0.352 e. The molecule has 2 N–H and O–H groups in total. The van der Waals surface area contributed by atoms with E-state index in [-0.39, 0.29) is 16.7 Å². The second-order valence-corrected chi connectivity index (χ2v) is 5.60. The Bertz CT molecular complexity index is 470. The molecule has 6 heteroatoms. The lowest BCUT2D eigenvalue weighted by atomic mass is 10.2. The van der Waals surface area contributed by atoms with Crippen LogP contribution in [-0.4, -0.2) is 33.2 Å². The summed E-state index contributed by atoms with van der Waals surface area (Å²) in [6.45, 7) is 2.32. The normalized spacial score (nSPS) is 14.0. The van der Waals surface area contributed by atoms with Crippen LogP contribution in [0.2, 0.25) is 0 Å². The summed E-state index contributed by atoms with van der Waals surface area (Å²) in [6, 6.07) is 2.79. The lowest BCUT2D eigenvalue weighted by Crippen LogP contribution is -2.28. The first-order valence-electron chi connectivity index (χ1n) is 5.30. The summed E-state index contributed by atoms with van der Waals surface area (Å²) < 4.78 is 11.1. The van der Waals surface area contributed by atoms with Gasteiger partial charge in [0, 0.05) is 46.7 Å². The number of nitrogens with one attached hydrogen (secondary N) is 2. The van der Waals surface area contributed by atoms with E-state index in [1.165, 1.54) is 18.3 Å². The summed E-state index contributed by atoms with van der Waals surface area (Å²) in [6.07, 6.45) is 3.72. The van der Waals surface area contributed by atoms with Crippen LogP contribution in [0.4, 0.5) is 0 Å². The van der Waals surface area contributed by atoms with Crippen LogP contribution in [0.15, 0.2) is 23.1 Å². The SMILES string of the molecule is CC(CCNC(=O)c1cc[nH]c(=O)c1)S(C)=O. The second-order valence-electron chi connectivity index (χ2n) is 3.80. The molecule has 0 bridgehead atoms. The smallest absolute Gasteiger partial charge is 0.251 e. The first-order chi connectivity index (χ1) is 8.00. The van der Waals surface area contributed by atoms with Crippen molar-refractivity contribution in [1.82, 2.24) is 10.3 Å². The van der Waals surface area contributed by atoms with Crippen molar-refractivity contribution >= 4 is 16.7 Å². The van der Waals surface area contributed by atoms with E-state index in [0.717, 1.165) is 0 Å². The predicted molar refractivity (Wildman–Crippen MR) is 67.5 cm³/mol. The highest BCUT2D eigenvalue weighted by molar-refractivity contribution is 7.84. The summed E-state index contributed by atoms with van der Waals surface area (Å²) in [5.74, 6) is -0.287. The van der Waals surface area contributed by atoms with Gasteiger partial charge in [-0.3, -0.25) is 13.8 Å². The van der Waals surface area contributed by atoms with Crippen molar-refractivity contribution in [3.8, 4) is 0 Å². The fourth-order valence-electron chi connectivity index (χ4n) is 1.24. The van der Waals surface area contributed by atoms with Crippen molar-refractivity contribution in [2.45, 2.75) is 18.6 Å². The number of pyridine rings is 1. The zero-order valence-corrected chi connectivity index (χ0v) is 10.7. The van der Waals surface area contributed by atoms with Crippen molar-refractivity contribution in [3.05, 3.63) is 34.2 Å². The number of carbonyl (C=O) groups excluding carboxylic acids is 1. The maximum atomic E-state index is 11.6. The minimum absolute atomic E-state index is 0.0504. The van der Waals surface area contributed by atoms with E-state index in [0.29, 0.717) is 18.5 Å². The highest BCUT2D eigenvalue weighted by atomic mass is 32.2. The summed E-state index contributed by atoms with van der Waals surface area (Å²) in [4.78, 5) is 25.0. The van der Waals surface area contributed by atoms with Gasteiger partial charge in [0.2, 0.25) is 5.56 Å². The Labute approximate surface area is 102 Å². The van der Waals surface area contributed by atoms with E-state index in [4.69, 9.17) is 0 Å². The van der Waals surface area contributed by atoms with Gasteiger partial charge in [-0.2, -0.15) is 0 Å². The van der Waals surface area contributed by atoms with Crippen LogP contribution in [0.3, 0.4) is 0 Å². The summed E-state index contributed by atoms with van der Waals surface area (Å²) in [7, 11) is -0.879. The quantitative estimate of drug-likeness (QED) is 0.793. The Morgan fingerprint density at radius 2 is 2.29 bits per heavy atom. The van der Waals surface area contributed by atoms with Gasteiger partial charge in [0.15, 0.2) is 0 Å². The van der Waals surface area contributed by atoms with E-state index in [1.54, 1.807) is 6.26 Å². The third-order valence-electron chi connectivity index (χ3n) is 2.44. The molecular formula is C11H16N2O3S. The van der Waals surface area contributed by atoms with E-state index in [9.17, 15) is 13.8 Å². The molecule has 0 fully saturated rings. The monoisotopic (exact) mass is 256 g/mol. The Morgan fingerprint density at radius 3 is 2.88 bits per heavy atom. The highest BCUT2D eigenvalue weighted by Gasteiger charge is 2.08. The molecule has 0 aliphatic rings. The average molecular weight is 256 g/mol. The van der Waals surface area contributed by atoms with Crippen molar-refractivity contribution < 1.29 is 9.00 Å². The molecular weight excluding hydrogens is 240 g/mol. The molecule has 5 nitrogen and oxygen atoms in total. The van der Waals surface area contributed by atoms with E-state index in [1.807, 2.05) is 6.92 Å². The molecule has 2 atom stereocenters. The topological polar surface area (TPSA) is 79.0 Å². The zero-order chi connectivity index (χ0) is 12.8. The maximum Gasteiger partial charge on any atom is 0.251 e. The summed E-state index contributed by atoms with van der Waals surface area (Å²) in [5, 5.41) is 2.74. The Kier molecular flexibility index (Phi) is 5.09. The third kappa shape index (κ3) is 4.52. The van der Waals surface area contributed by atoms with Crippen LogP contribution < -0.4 is 10.9 Å². The number of amides is 1. The largest absolute Gasteiger partial charge is 0.352 e. The van der Waals surface area contributed by atoms with Crippen LogP contribution in [0.25, 0.3) is 0 Å². The van der Waals surface area contributed by atoms with Gasteiger partial charge in [-0.25, -0.2) is 0 Å². The minimum atomic E-state index is -0.879. The van der Waals surface area contributed by atoms with Gasteiger partial charge >= 0.3 is 0 Å². The number of rotatable bonds is 5. The fourth-order valence-corrected chi connectivity index (χ4v) is 1.69. The molecule has 0 spiro atoms. The van der Waals surface area contributed by atoms with E-state index >= 15 is 0 Å². The predicted octanol–water partition coefficient (Wildman–Crippen LogP) is 0.262. The molecule has 2 unspecified atom stereocenters. The number of carbonyl (C=O) groups is 1. The standard InChI is InChI=1S/C11H16N2O3S/c1-8(17(2)16)3-5-13-11(15)9-4-6-12-10(14)7-9/h4,6-8H,3,5H2,1-2H3,(H,12,14)(H,13,15). The Morgan fingerprint density at radius 1 is 1.59 bits per heavy atom. The molecule has 0 aromatic carbocycles. The van der Waals surface area contributed by atoms with Crippen LogP contribution >= 0.6 is 0 Å². The van der Waals surface area contributed by atoms with Crippen LogP contribution in [-0.2, 0) is 10.8 Å². The summed E-state index contributed by atoms with van der Waals surface area (Å²) in [5.41, 5.74) is 0.0275. The molecule has 0 aliphatic heterocycles. The lowest BCUT2D eigenvalue weighted by Gasteiger charge is -2.09. The van der Waals surface area contributed by atoms with Crippen LogP contribution in [0.1, 0.15) is 23.7 Å². The van der Waals surface area contributed by atoms with Gasteiger partial charge < -0.3 is 10.3 Å². The molecule has 0 aliphatic carbocycles. The molecule has 1 aromatic heterocycles. The third-order valence-corrected chi connectivity index (χ3v) is 3.81. The van der Waals surface area contributed by atoms with Crippen molar-refractivity contribution in [1.29, 1.82) is 0 Å². The van der Waals surface area contributed by atoms with Crippen molar-refractivity contribution in [2.75, 3.05) is 12.8 Å². The molecule has 17 heavy (non-hydrogen) atoms. The number of H-pyrrole nitrogens is 1. The Hall–Kier alpha value is -1.43. The summed E-state index contributed by atoms with van der Waals surface area (Å²) >= 11 is 0. The molecule has 94 valence electrons. The van der Waals surface area contributed by atoms with E-state index in [2.05, 4.69) is 10.3 Å². The van der Waals surface area contributed by atoms with Crippen LogP contribution in [0.5, 0.6) is 0 Å². The zero-order valence-electron chi connectivity index (χ0n) is 9.86. The maximum absolute atomic E-state index is 11.6. The number of hydrogen-bond donors (Lipinski definition) is 2. The molecule has 0 saturated heterocycles. The highest BCUT2D eigenvalue weighted by Crippen LogP contribution is 1.98. The van der Waals surface area contributed by atoms with Gasteiger partial charge in [0.25, 0.3) is 5.91 Å². The number of aromatic amines is 1. The van der Waals surface area contributed by atoms with Crippen molar-refractivity contribution in [3.63, 3.8) is 0 Å². The van der Waals surface area contributed by atoms with Gasteiger partial charge in [-0.15, -0.1) is 0 Å². The number of aromatic nitrogens is 1. The fraction of sp³-hybridized carbons (Fsp3) is 0.455. The first-order valence-corrected chi connectivity index (χ1v) is 6.92. The Balaban J connectivity index is 2.46. The van der Waals surface area contributed by atoms with E-state index < -0.39 is 10.8 Å². The molecule has 0 saturated carbocycles. The van der Waals surface area contributed by atoms with Crippen molar-refractivity contribution in [2.24, 2.45) is 0 Å². The molecule has 1 amide bonds. The molecule has 1 rings (SSSR count). The van der Waals surface area contributed by atoms with Gasteiger partial charge in [-0.1, -0.05) is 6.92 Å². The molecule has 1 heterocycles. The lowest BCUT2D eigenvalue weighted by molar-refractivity contribution is 0.0953. The first kappa shape index (κ1) is 13.6. The molecule has 1 aromatic rings. The second kappa shape index (κ2) is 6.34. The van der Waals surface area contributed by atoms with Gasteiger partial charge in [0.05, 0.1) is 0 Å². The van der Waals surface area contributed by atoms with Crippen LogP contribution in [0, 0.1) is 0 Å². The molecule has 0 radical (unpaired) electrons.